The number of hydrogen-bond acceptors (Lipinski definition) is 5. The average molecular weight is 334 g/mol. The van der Waals surface area contributed by atoms with Gasteiger partial charge in [0.2, 0.25) is 0 Å². The lowest BCUT2D eigenvalue weighted by Gasteiger charge is -2.35. The molecular weight excluding hydrogens is 308 g/mol. The maximum Gasteiger partial charge on any atom is 0.308 e. The van der Waals surface area contributed by atoms with Gasteiger partial charge < -0.3 is 4.74 Å². The first-order valence-corrected chi connectivity index (χ1v) is 8.24. The van der Waals surface area contributed by atoms with Gasteiger partial charge in [0, 0.05) is 13.1 Å². The monoisotopic (exact) mass is 334 g/mol. The van der Waals surface area contributed by atoms with Crippen LogP contribution in [0.3, 0.4) is 0 Å². The number of hydroxylamine groups is 1. The normalized spacial score (nSPS) is 16.0. The van der Waals surface area contributed by atoms with E-state index >= 15 is 0 Å². The number of carbonyl (C=O) groups is 2. The summed E-state index contributed by atoms with van der Waals surface area (Å²) in [6, 6.07) is 4.08. The molecule has 0 unspecified atom stereocenters. The zero-order valence-corrected chi connectivity index (χ0v) is 14.8. The van der Waals surface area contributed by atoms with Crippen molar-refractivity contribution in [3.63, 3.8) is 0 Å². The number of hydrazine groups is 1. The fraction of sp³-hybridized carbons (Fsp3) is 0.556. The van der Waals surface area contributed by atoms with Crippen LogP contribution in [0, 0.1) is 26.7 Å². The molecule has 0 bridgehead atoms. The number of esters is 1. The van der Waals surface area contributed by atoms with Gasteiger partial charge in [0.15, 0.2) is 0 Å². The van der Waals surface area contributed by atoms with Crippen LogP contribution >= 0.6 is 0 Å². The minimum absolute atomic E-state index is 0.156. The molecule has 0 aromatic heterocycles. The molecular formula is C18H26N2O4. The summed E-state index contributed by atoms with van der Waals surface area (Å²) >= 11 is 0. The fourth-order valence-corrected chi connectivity index (χ4v) is 3.33. The van der Waals surface area contributed by atoms with Crippen LogP contribution in [0.4, 0.5) is 0 Å². The molecule has 6 nitrogen and oxygen atoms in total. The molecule has 1 aliphatic heterocycles. The average Bonchev–Trinajstić information content (AvgIpc) is 2.56. The van der Waals surface area contributed by atoms with Crippen LogP contribution in [0.2, 0.25) is 0 Å². The largest absolute Gasteiger partial charge is 0.469 e. The summed E-state index contributed by atoms with van der Waals surface area (Å²) in [5.41, 5.74) is 4.22. The van der Waals surface area contributed by atoms with Crippen molar-refractivity contribution in [3.05, 3.63) is 34.4 Å². The Bertz CT molecular complexity index is 598. The van der Waals surface area contributed by atoms with Gasteiger partial charge in [-0.3, -0.25) is 14.8 Å². The highest BCUT2D eigenvalue weighted by Gasteiger charge is 2.30. The highest BCUT2D eigenvalue weighted by molar-refractivity contribution is 5.78. The number of piperidine rings is 1. The van der Waals surface area contributed by atoms with Crippen molar-refractivity contribution < 1.29 is 19.5 Å². The van der Waals surface area contributed by atoms with Crippen molar-refractivity contribution in [2.75, 3.05) is 20.2 Å². The zero-order valence-electron chi connectivity index (χ0n) is 14.8. The molecule has 24 heavy (non-hydrogen) atoms. The summed E-state index contributed by atoms with van der Waals surface area (Å²) in [4.78, 5) is 24.0. The molecule has 1 fully saturated rings. The topological polar surface area (TPSA) is 70.1 Å². The highest BCUT2D eigenvalue weighted by atomic mass is 16.6. The van der Waals surface area contributed by atoms with Gasteiger partial charge in [0.1, 0.15) is 0 Å². The molecule has 1 aromatic carbocycles. The summed E-state index contributed by atoms with van der Waals surface area (Å²) in [6.07, 6.45) is 1.30. The number of nitrogens with zero attached hydrogens (tertiary/aromatic N) is 2. The predicted octanol–water partition coefficient (Wildman–Crippen LogP) is 2.17. The Balaban J connectivity index is 1.97. The summed E-state index contributed by atoms with van der Waals surface area (Å²) in [5.74, 6) is -0.741. The number of hydrogen-bond donors (Lipinski definition) is 1. The lowest BCUT2D eigenvalue weighted by Crippen LogP contribution is -2.49. The minimum atomic E-state index is -0.360. The molecule has 0 radical (unpaired) electrons. The molecule has 0 atom stereocenters. The van der Waals surface area contributed by atoms with Crippen LogP contribution in [0.25, 0.3) is 0 Å². The lowest BCUT2D eigenvalue weighted by molar-refractivity contribution is -0.243. The molecule has 1 heterocycles. The molecule has 2 rings (SSSR count). The maximum atomic E-state index is 12.4. The molecule has 1 N–H and O–H groups in total. The van der Waals surface area contributed by atoms with E-state index < -0.39 is 0 Å². The number of aryl methyl sites for hydroxylation is 3. The first kappa shape index (κ1) is 18.4. The zero-order chi connectivity index (χ0) is 17.9. The van der Waals surface area contributed by atoms with Crippen LogP contribution in [-0.4, -0.2) is 47.5 Å². The first-order chi connectivity index (χ1) is 11.3. The Labute approximate surface area is 142 Å². The van der Waals surface area contributed by atoms with E-state index in [1.54, 1.807) is 5.01 Å². The Morgan fingerprint density at radius 3 is 2.25 bits per heavy atom. The van der Waals surface area contributed by atoms with Gasteiger partial charge in [-0.15, -0.1) is 5.17 Å². The Morgan fingerprint density at radius 2 is 1.75 bits per heavy atom. The quantitative estimate of drug-likeness (QED) is 0.519. The van der Waals surface area contributed by atoms with E-state index in [4.69, 9.17) is 4.74 Å². The molecule has 0 aliphatic carbocycles. The van der Waals surface area contributed by atoms with Gasteiger partial charge in [-0.25, -0.2) is 0 Å². The molecule has 1 amide bonds. The Morgan fingerprint density at radius 1 is 1.21 bits per heavy atom. The van der Waals surface area contributed by atoms with Crippen LogP contribution in [-0.2, 0) is 20.7 Å². The van der Waals surface area contributed by atoms with E-state index in [-0.39, 0.29) is 24.2 Å². The van der Waals surface area contributed by atoms with Crippen molar-refractivity contribution in [2.24, 2.45) is 5.92 Å². The van der Waals surface area contributed by atoms with Gasteiger partial charge in [-0.1, -0.05) is 17.7 Å². The first-order valence-electron chi connectivity index (χ1n) is 8.24. The minimum Gasteiger partial charge on any atom is -0.469 e. The third-order valence-electron chi connectivity index (χ3n) is 4.67. The van der Waals surface area contributed by atoms with Gasteiger partial charge in [0.25, 0.3) is 5.91 Å². The van der Waals surface area contributed by atoms with Crippen molar-refractivity contribution in [1.82, 2.24) is 10.2 Å². The molecule has 132 valence electrons. The van der Waals surface area contributed by atoms with Crippen molar-refractivity contribution >= 4 is 11.9 Å². The summed E-state index contributed by atoms with van der Waals surface area (Å²) in [7, 11) is 1.38. The van der Waals surface area contributed by atoms with Gasteiger partial charge in [0.05, 0.1) is 19.4 Å². The van der Waals surface area contributed by atoms with E-state index in [9.17, 15) is 14.8 Å². The van der Waals surface area contributed by atoms with E-state index in [1.807, 2.05) is 32.9 Å². The van der Waals surface area contributed by atoms with Crippen LogP contribution < -0.4 is 0 Å². The van der Waals surface area contributed by atoms with Crippen LogP contribution in [0.5, 0.6) is 0 Å². The second-order valence-corrected chi connectivity index (χ2v) is 6.49. The number of methoxy groups -OCH3 is 1. The van der Waals surface area contributed by atoms with Crippen molar-refractivity contribution in [2.45, 2.75) is 40.0 Å². The molecule has 1 aromatic rings. The smallest absolute Gasteiger partial charge is 0.308 e. The van der Waals surface area contributed by atoms with Crippen molar-refractivity contribution in [3.8, 4) is 0 Å². The summed E-state index contributed by atoms with van der Waals surface area (Å²) in [5, 5.41) is 12.5. The maximum absolute atomic E-state index is 12.4. The number of ether oxygens (including phenoxy) is 1. The van der Waals surface area contributed by atoms with E-state index in [1.165, 1.54) is 7.11 Å². The highest BCUT2D eigenvalue weighted by Crippen LogP contribution is 2.21. The number of amides is 1. The van der Waals surface area contributed by atoms with E-state index in [0.717, 1.165) is 22.3 Å². The number of rotatable bonds is 4. The Hall–Kier alpha value is -1.92. The van der Waals surface area contributed by atoms with Crippen molar-refractivity contribution in [1.29, 1.82) is 0 Å². The lowest BCUT2D eigenvalue weighted by atomic mass is 9.97. The number of benzene rings is 1. The molecule has 0 saturated carbocycles. The second-order valence-electron chi connectivity index (χ2n) is 6.49. The third kappa shape index (κ3) is 4.13. The van der Waals surface area contributed by atoms with Crippen LogP contribution in [0.15, 0.2) is 12.1 Å². The van der Waals surface area contributed by atoms with Gasteiger partial charge in [-0.2, -0.15) is 5.01 Å². The standard InChI is InChI=1S/C18H26N2O4/c1-12-9-13(2)16(14(3)10-12)11-17(21)20(23)19-7-5-15(6-8-19)18(22)24-4/h9-10,15,23H,5-8,11H2,1-4H3. The fourth-order valence-electron chi connectivity index (χ4n) is 3.33. The summed E-state index contributed by atoms with van der Waals surface area (Å²) < 4.78 is 4.75. The Kier molecular flexibility index (Phi) is 5.96. The molecule has 0 spiro atoms. The van der Waals surface area contributed by atoms with E-state index in [0.29, 0.717) is 31.1 Å². The van der Waals surface area contributed by atoms with E-state index in [2.05, 4.69) is 0 Å². The predicted molar refractivity (Wildman–Crippen MR) is 89.3 cm³/mol. The molecule has 1 aliphatic rings. The molecule has 6 heteroatoms. The van der Waals surface area contributed by atoms with Gasteiger partial charge in [-0.05, 0) is 50.3 Å². The SMILES string of the molecule is COC(=O)C1CCN(N(O)C(=O)Cc2c(C)cc(C)cc2C)CC1. The van der Waals surface area contributed by atoms with Crippen LogP contribution in [0.1, 0.15) is 35.1 Å². The second kappa shape index (κ2) is 7.77. The summed E-state index contributed by atoms with van der Waals surface area (Å²) in [6.45, 7) is 6.88. The van der Waals surface area contributed by atoms with Gasteiger partial charge >= 0.3 is 5.97 Å². The number of carbonyl (C=O) groups excluding carboxylic acids is 2. The third-order valence-corrected chi connectivity index (χ3v) is 4.67. The molecule has 1 saturated heterocycles.